The molecule has 16 heavy (non-hydrogen) atoms. The van der Waals surface area contributed by atoms with E-state index in [1.54, 1.807) is 18.4 Å². The molecule has 0 fully saturated rings. The molecular formula is C11H12BrNO2S. The first kappa shape index (κ1) is 11.9. The summed E-state index contributed by atoms with van der Waals surface area (Å²) in [5.41, 5.74) is 6.12. The lowest BCUT2D eigenvalue weighted by atomic mass is 10.2. The molecule has 0 saturated carbocycles. The summed E-state index contributed by atoms with van der Waals surface area (Å²) in [7, 11) is 1.64. The second-order valence-corrected chi connectivity index (χ2v) is 5.15. The van der Waals surface area contributed by atoms with Crippen LogP contribution in [0.2, 0.25) is 0 Å². The lowest BCUT2D eigenvalue weighted by Gasteiger charge is -2.07. The van der Waals surface area contributed by atoms with Gasteiger partial charge >= 0.3 is 0 Å². The van der Waals surface area contributed by atoms with Crippen molar-refractivity contribution in [2.24, 2.45) is 5.73 Å². The number of rotatable bonds is 4. The molecule has 0 spiro atoms. The molecule has 0 aromatic carbocycles. The summed E-state index contributed by atoms with van der Waals surface area (Å²) in [6, 6.07) is 5.55. The lowest BCUT2D eigenvalue weighted by Crippen LogP contribution is -2.09. The van der Waals surface area contributed by atoms with Crippen LogP contribution in [0.25, 0.3) is 0 Å². The van der Waals surface area contributed by atoms with E-state index in [2.05, 4.69) is 15.9 Å². The molecule has 5 heteroatoms. The first-order valence-corrected chi connectivity index (χ1v) is 6.45. The number of methoxy groups -OCH3 is 1. The topological polar surface area (TPSA) is 48.4 Å². The van der Waals surface area contributed by atoms with Crippen molar-refractivity contribution < 1.29 is 9.15 Å². The first-order valence-electron chi connectivity index (χ1n) is 4.78. The third-order valence-electron chi connectivity index (χ3n) is 2.20. The largest absolute Gasteiger partial charge is 0.462 e. The fourth-order valence-corrected chi connectivity index (χ4v) is 3.07. The molecule has 0 aliphatic carbocycles. The van der Waals surface area contributed by atoms with Gasteiger partial charge in [-0.05, 0) is 39.5 Å². The fourth-order valence-electron chi connectivity index (χ4n) is 1.44. The number of hydrogen-bond acceptors (Lipinski definition) is 4. The van der Waals surface area contributed by atoms with Gasteiger partial charge in [0, 0.05) is 16.5 Å². The Morgan fingerprint density at radius 2 is 2.31 bits per heavy atom. The average molecular weight is 302 g/mol. The Bertz CT molecular complexity index is 466. The number of ether oxygens (including phenoxy) is 1. The summed E-state index contributed by atoms with van der Waals surface area (Å²) < 4.78 is 11.6. The maximum absolute atomic E-state index is 6.12. The zero-order chi connectivity index (χ0) is 11.5. The van der Waals surface area contributed by atoms with Gasteiger partial charge in [-0.1, -0.05) is 0 Å². The van der Waals surface area contributed by atoms with E-state index in [4.69, 9.17) is 14.9 Å². The summed E-state index contributed by atoms with van der Waals surface area (Å²) in [6.07, 6.45) is 0. The normalized spacial score (nSPS) is 12.9. The van der Waals surface area contributed by atoms with E-state index in [1.165, 1.54) is 0 Å². The highest BCUT2D eigenvalue weighted by Gasteiger charge is 2.17. The minimum atomic E-state index is -0.222. The Morgan fingerprint density at radius 1 is 1.50 bits per heavy atom. The Morgan fingerprint density at radius 3 is 2.94 bits per heavy atom. The van der Waals surface area contributed by atoms with Gasteiger partial charge in [0.1, 0.15) is 18.1 Å². The molecule has 2 aromatic rings. The van der Waals surface area contributed by atoms with E-state index in [-0.39, 0.29) is 6.04 Å². The predicted octanol–water partition coefficient (Wildman–Crippen LogP) is 3.30. The van der Waals surface area contributed by atoms with Crippen LogP contribution in [0.3, 0.4) is 0 Å². The van der Waals surface area contributed by atoms with Crippen molar-refractivity contribution in [2.45, 2.75) is 12.6 Å². The van der Waals surface area contributed by atoms with Gasteiger partial charge in [-0.25, -0.2) is 0 Å². The third kappa shape index (κ3) is 2.38. The van der Waals surface area contributed by atoms with E-state index in [0.717, 1.165) is 20.9 Å². The van der Waals surface area contributed by atoms with E-state index in [0.29, 0.717) is 6.61 Å². The standard InChI is InChI=1S/C11H12BrNO2S/c1-14-6-7-2-3-9(15-7)10(13)11-8(12)4-5-16-11/h2-5,10H,6,13H2,1H3. The van der Waals surface area contributed by atoms with Crippen LogP contribution in [-0.4, -0.2) is 7.11 Å². The molecule has 2 heterocycles. The predicted molar refractivity (Wildman–Crippen MR) is 67.5 cm³/mol. The summed E-state index contributed by atoms with van der Waals surface area (Å²) >= 11 is 5.08. The molecule has 2 rings (SSSR count). The Hall–Kier alpha value is -0.620. The molecule has 1 atom stereocenters. The summed E-state index contributed by atoms with van der Waals surface area (Å²) in [4.78, 5) is 1.07. The van der Waals surface area contributed by atoms with E-state index >= 15 is 0 Å². The highest BCUT2D eigenvalue weighted by Crippen LogP contribution is 2.32. The van der Waals surface area contributed by atoms with Crippen molar-refractivity contribution in [1.82, 2.24) is 0 Å². The Balaban J connectivity index is 2.20. The molecule has 0 bridgehead atoms. The fraction of sp³-hybridized carbons (Fsp3) is 0.273. The molecule has 2 aromatic heterocycles. The van der Waals surface area contributed by atoms with Crippen LogP contribution in [0.1, 0.15) is 22.4 Å². The second-order valence-electron chi connectivity index (χ2n) is 3.35. The monoisotopic (exact) mass is 301 g/mol. The van der Waals surface area contributed by atoms with Gasteiger partial charge in [-0.15, -0.1) is 11.3 Å². The van der Waals surface area contributed by atoms with Crippen molar-refractivity contribution in [3.05, 3.63) is 44.4 Å². The quantitative estimate of drug-likeness (QED) is 0.942. The maximum Gasteiger partial charge on any atom is 0.129 e. The van der Waals surface area contributed by atoms with E-state index in [1.807, 2.05) is 23.6 Å². The van der Waals surface area contributed by atoms with Crippen molar-refractivity contribution in [3.8, 4) is 0 Å². The van der Waals surface area contributed by atoms with Gasteiger partial charge in [0.15, 0.2) is 0 Å². The van der Waals surface area contributed by atoms with Crippen LogP contribution in [-0.2, 0) is 11.3 Å². The molecule has 0 aliphatic rings. The number of thiophene rings is 1. The van der Waals surface area contributed by atoms with Crippen LogP contribution in [0.4, 0.5) is 0 Å². The van der Waals surface area contributed by atoms with Crippen LogP contribution >= 0.6 is 27.3 Å². The van der Waals surface area contributed by atoms with Crippen LogP contribution in [0.5, 0.6) is 0 Å². The number of nitrogens with two attached hydrogens (primary N) is 1. The van der Waals surface area contributed by atoms with Crippen LogP contribution in [0, 0.1) is 0 Å². The SMILES string of the molecule is COCc1ccc(C(N)c2sccc2Br)o1. The summed E-state index contributed by atoms with van der Waals surface area (Å²) in [6.45, 7) is 0.471. The highest BCUT2D eigenvalue weighted by atomic mass is 79.9. The van der Waals surface area contributed by atoms with Gasteiger partial charge in [0.2, 0.25) is 0 Å². The summed E-state index contributed by atoms with van der Waals surface area (Å²) in [5.74, 6) is 1.55. The zero-order valence-corrected chi connectivity index (χ0v) is 11.2. The molecule has 0 radical (unpaired) electrons. The molecular weight excluding hydrogens is 290 g/mol. The van der Waals surface area contributed by atoms with Crippen LogP contribution in [0.15, 0.2) is 32.5 Å². The molecule has 2 N–H and O–H groups in total. The third-order valence-corrected chi connectivity index (χ3v) is 4.16. The molecule has 1 unspecified atom stereocenters. The van der Waals surface area contributed by atoms with E-state index in [9.17, 15) is 0 Å². The second kappa shape index (κ2) is 5.14. The minimum Gasteiger partial charge on any atom is -0.462 e. The van der Waals surface area contributed by atoms with Gasteiger partial charge in [0.05, 0.1) is 6.04 Å². The Kier molecular flexibility index (Phi) is 3.81. The summed E-state index contributed by atoms with van der Waals surface area (Å²) in [5, 5.41) is 2.00. The smallest absolute Gasteiger partial charge is 0.129 e. The van der Waals surface area contributed by atoms with Crippen molar-refractivity contribution in [2.75, 3.05) is 7.11 Å². The van der Waals surface area contributed by atoms with Crippen LogP contribution < -0.4 is 5.73 Å². The van der Waals surface area contributed by atoms with Gasteiger partial charge in [0.25, 0.3) is 0 Å². The highest BCUT2D eigenvalue weighted by molar-refractivity contribution is 9.10. The molecule has 0 aliphatic heterocycles. The first-order chi connectivity index (χ1) is 7.72. The minimum absolute atomic E-state index is 0.222. The molecule has 86 valence electrons. The van der Waals surface area contributed by atoms with Gasteiger partial charge in [-0.2, -0.15) is 0 Å². The van der Waals surface area contributed by atoms with E-state index < -0.39 is 0 Å². The molecule has 0 saturated heterocycles. The van der Waals surface area contributed by atoms with Crippen molar-refractivity contribution in [1.29, 1.82) is 0 Å². The molecule has 0 amide bonds. The number of halogens is 1. The van der Waals surface area contributed by atoms with Gasteiger partial charge in [-0.3, -0.25) is 0 Å². The maximum atomic E-state index is 6.12. The Labute approximate surface area is 106 Å². The van der Waals surface area contributed by atoms with Gasteiger partial charge < -0.3 is 14.9 Å². The zero-order valence-electron chi connectivity index (χ0n) is 8.77. The lowest BCUT2D eigenvalue weighted by molar-refractivity contribution is 0.162. The number of furan rings is 1. The average Bonchev–Trinajstić information content (AvgIpc) is 2.87. The molecule has 3 nitrogen and oxygen atoms in total. The number of hydrogen-bond donors (Lipinski definition) is 1. The van der Waals surface area contributed by atoms with Crippen molar-refractivity contribution >= 4 is 27.3 Å². The van der Waals surface area contributed by atoms with Crippen molar-refractivity contribution in [3.63, 3.8) is 0 Å².